The van der Waals surface area contributed by atoms with Gasteiger partial charge in [0.05, 0.1) is 5.39 Å². The molecule has 0 amide bonds. The van der Waals surface area contributed by atoms with Crippen molar-refractivity contribution in [2.24, 2.45) is 0 Å². The highest BCUT2D eigenvalue weighted by Crippen LogP contribution is 2.16. The molecule has 0 bridgehead atoms. The lowest BCUT2D eigenvalue weighted by molar-refractivity contribution is -0.354. The van der Waals surface area contributed by atoms with Crippen molar-refractivity contribution in [2.75, 3.05) is 0 Å². The van der Waals surface area contributed by atoms with Crippen LogP contribution in [-0.2, 0) is 0 Å². The monoisotopic (exact) mass is 299 g/mol. The number of rotatable bonds is 2. The SMILES string of the molecule is O=c1c(/C=[N+](\[O-])c2ccc(Cl)cc2)coc2ccccc12. The van der Waals surface area contributed by atoms with E-state index in [1.165, 1.54) is 12.5 Å². The lowest BCUT2D eigenvalue weighted by Crippen LogP contribution is -2.11. The summed E-state index contributed by atoms with van der Waals surface area (Å²) in [4.78, 5) is 12.3. The highest BCUT2D eigenvalue weighted by molar-refractivity contribution is 6.30. The van der Waals surface area contributed by atoms with E-state index in [0.29, 0.717) is 26.4 Å². The predicted octanol–water partition coefficient (Wildman–Crippen LogP) is 3.71. The van der Waals surface area contributed by atoms with Crippen LogP contribution in [0.2, 0.25) is 5.02 Å². The minimum Gasteiger partial charge on any atom is -0.618 e. The van der Waals surface area contributed by atoms with Crippen LogP contribution < -0.4 is 5.43 Å². The van der Waals surface area contributed by atoms with Gasteiger partial charge in [-0.25, -0.2) is 0 Å². The van der Waals surface area contributed by atoms with Gasteiger partial charge >= 0.3 is 0 Å². The second-order valence-corrected chi connectivity index (χ2v) is 4.88. The Morgan fingerprint density at radius 3 is 2.57 bits per heavy atom. The summed E-state index contributed by atoms with van der Waals surface area (Å²) in [5.41, 5.74) is 0.820. The van der Waals surface area contributed by atoms with Crippen LogP contribution in [0.4, 0.5) is 5.69 Å². The van der Waals surface area contributed by atoms with Crippen LogP contribution in [0.5, 0.6) is 0 Å². The zero-order valence-electron chi connectivity index (χ0n) is 10.8. The molecule has 0 radical (unpaired) electrons. The number of halogens is 1. The summed E-state index contributed by atoms with van der Waals surface area (Å²) in [6.07, 6.45) is 2.48. The summed E-state index contributed by atoms with van der Waals surface area (Å²) in [5, 5.41) is 13.0. The second-order valence-electron chi connectivity index (χ2n) is 4.45. The van der Waals surface area contributed by atoms with Crippen molar-refractivity contribution in [3.8, 4) is 0 Å². The first-order valence-electron chi connectivity index (χ1n) is 6.22. The average molecular weight is 300 g/mol. The maximum absolute atomic E-state index is 12.3. The van der Waals surface area contributed by atoms with E-state index in [-0.39, 0.29) is 11.0 Å². The van der Waals surface area contributed by atoms with Crippen LogP contribution in [0.25, 0.3) is 11.0 Å². The third kappa shape index (κ3) is 2.66. The Kier molecular flexibility index (Phi) is 3.46. The summed E-state index contributed by atoms with van der Waals surface area (Å²) in [6, 6.07) is 13.3. The Bertz CT molecular complexity index is 882. The van der Waals surface area contributed by atoms with E-state index >= 15 is 0 Å². The first kappa shape index (κ1) is 13.4. The van der Waals surface area contributed by atoms with Crippen molar-refractivity contribution in [3.63, 3.8) is 0 Å². The average Bonchev–Trinajstić information content (AvgIpc) is 2.51. The standard InChI is InChI=1S/C16H10ClNO3/c17-12-5-7-13(8-6-12)18(20)9-11-10-21-15-4-2-1-3-14(15)16(11)19/h1-10H/b18-9-. The molecule has 2 aromatic carbocycles. The smallest absolute Gasteiger partial charge is 0.216 e. The lowest BCUT2D eigenvalue weighted by atomic mass is 10.2. The van der Waals surface area contributed by atoms with Gasteiger partial charge in [-0.15, -0.1) is 0 Å². The van der Waals surface area contributed by atoms with Gasteiger partial charge in [-0.05, 0) is 24.3 Å². The van der Waals surface area contributed by atoms with Crippen LogP contribution in [0.1, 0.15) is 5.56 Å². The highest BCUT2D eigenvalue weighted by atomic mass is 35.5. The summed E-state index contributed by atoms with van der Waals surface area (Å²) < 4.78 is 5.97. The fourth-order valence-electron chi connectivity index (χ4n) is 1.97. The number of hydrogen-bond acceptors (Lipinski definition) is 3. The molecule has 1 heterocycles. The van der Waals surface area contributed by atoms with Crippen molar-refractivity contribution < 1.29 is 9.16 Å². The van der Waals surface area contributed by atoms with E-state index in [9.17, 15) is 10.0 Å². The maximum Gasteiger partial charge on any atom is 0.216 e. The van der Waals surface area contributed by atoms with Gasteiger partial charge in [-0.3, -0.25) is 4.79 Å². The molecule has 0 aliphatic rings. The van der Waals surface area contributed by atoms with Crippen LogP contribution >= 0.6 is 11.6 Å². The van der Waals surface area contributed by atoms with E-state index in [2.05, 4.69) is 0 Å². The summed E-state index contributed by atoms with van der Waals surface area (Å²) in [7, 11) is 0. The number of nitrogens with zero attached hydrogens (tertiary/aromatic N) is 1. The fourth-order valence-corrected chi connectivity index (χ4v) is 2.10. The topological polar surface area (TPSA) is 56.3 Å². The minimum atomic E-state index is -0.244. The molecule has 0 spiro atoms. The second kappa shape index (κ2) is 5.42. The molecule has 3 rings (SSSR count). The van der Waals surface area contributed by atoms with Gasteiger partial charge in [-0.1, -0.05) is 23.7 Å². The van der Waals surface area contributed by atoms with Crippen LogP contribution in [-0.4, -0.2) is 11.0 Å². The molecule has 5 heteroatoms. The molecule has 0 atom stereocenters. The van der Waals surface area contributed by atoms with Gasteiger partial charge in [-0.2, -0.15) is 4.74 Å². The molecular weight excluding hydrogens is 290 g/mol. The van der Waals surface area contributed by atoms with E-state index in [1.807, 2.05) is 0 Å². The van der Waals surface area contributed by atoms with Gasteiger partial charge in [0.2, 0.25) is 11.1 Å². The van der Waals surface area contributed by atoms with Gasteiger partial charge in [0.1, 0.15) is 17.4 Å². The number of benzene rings is 2. The zero-order chi connectivity index (χ0) is 14.8. The molecule has 0 saturated heterocycles. The largest absolute Gasteiger partial charge is 0.618 e. The van der Waals surface area contributed by atoms with Crippen molar-refractivity contribution in [3.05, 3.63) is 80.8 Å². The van der Waals surface area contributed by atoms with Crippen molar-refractivity contribution in [1.82, 2.24) is 0 Å². The molecule has 104 valence electrons. The van der Waals surface area contributed by atoms with Crippen LogP contribution in [0.3, 0.4) is 0 Å². The van der Waals surface area contributed by atoms with Gasteiger partial charge in [0.25, 0.3) is 0 Å². The Morgan fingerprint density at radius 2 is 1.81 bits per heavy atom. The van der Waals surface area contributed by atoms with Crippen molar-refractivity contribution >= 4 is 34.5 Å². The van der Waals surface area contributed by atoms with Gasteiger partial charge in [0.15, 0.2) is 6.21 Å². The Hall–Kier alpha value is -2.59. The highest BCUT2D eigenvalue weighted by Gasteiger charge is 2.09. The molecule has 3 aromatic rings. The summed E-state index contributed by atoms with van der Waals surface area (Å²) in [6.45, 7) is 0. The van der Waals surface area contributed by atoms with Crippen molar-refractivity contribution in [1.29, 1.82) is 0 Å². The van der Waals surface area contributed by atoms with E-state index in [4.69, 9.17) is 16.0 Å². The molecule has 21 heavy (non-hydrogen) atoms. The Labute approximate surface area is 125 Å². The Balaban J connectivity index is 2.08. The third-order valence-electron chi connectivity index (χ3n) is 3.04. The van der Waals surface area contributed by atoms with Gasteiger partial charge in [0, 0.05) is 17.2 Å². The van der Waals surface area contributed by atoms with E-state index in [1.54, 1.807) is 48.5 Å². The quantitative estimate of drug-likeness (QED) is 0.314. The normalized spacial score (nSPS) is 11.8. The molecule has 4 nitrogen and oxygen atoms in total. The number of hydrogen-bond donors (Lipinski definition) is 0. The predicted molar refractivity (Wildman–Crippen MR) is 82.4 cm³/mol. The first-order valence-corrected chi connectivity index (χ1v) is 6.60. The lowest BCUT2D eigenvalue weighted by Gasteiger charge is -2.03. The molecule has 1 aromatic heterocycles. The molecular formula is C16H10ClNO3. The number of para-hydroxylation sites is 1. The summed E-state index contributed by atoms with van der Waals surface area (Å²) in [5.74, 6) is 0. The molecule has 0 aliphatic carbocycles. The van der Waals surface area contributed by atoms with Crippen molar-refractivity contribution in [2.45, 2.75) is 0 Å². The third-order valence-corrected chi connectivity index (χ3v) is 3.30. The van der Waals surface area contributed by atoms with Crippen LogP contribution in [0, 0.1) is 5.21 Å². The molecule has 0 N–H and O–H groups in total. The van der Waals surface area contributed by atoms with E-state index in [0.717, 1.165) is 0 Å². The van der Waals surface area contributed by atoms with Crippen LogP contribution in [0.15, 0.2) is 64.0 Å². The fraction of sp³-hybridized carbons (Fsp3) is 0. The van der Waals surface area contributed by atoms with E-state index < -0.39 is 0 Å². The minimum absolute atomic E-state index is 0.193. The first-order chi connectivity index (χ1) is 10.1. The molecule has 0 aliphatic heterocycles. The Morgan fingerprint density at radius 1 is 1.10 bits per heavy atom. The summed E-state index contributed by atoms with van der Waals surface area (Å²) >= 11 is 5.77. The molecule has 0 saturated carbocycles. The maximum atomic E-state index is 12.3. The van der Waals surface area contributed by atoms with Gasteiger partial charge < -0.3 is 9.62 Å². The zero-order valence-corrected chi connectivity index (χ0v) is 11.6. The molecule has 0 fully saturated rings. The molecule has 0 unspecified atom stereocenters. The number of fused-ring (bicyclic) bond motifs is 1.